The second-order valence-corrected chi connectivity index (χ2v) is 5.19. The van der Waals surface area contributed by atoms with E-state index in [1.807, 2.05) is 36.3 Å². The Labute approximate surface area is 105 Å². The first kappa shape index (κ1) is 12.3. The highest BCUT2D eigenvalue weighted by Gasteiger charge is 2.10. The molecule has 2 rings (SSSR count). The molecule has 17 heavy (non-hydrogen) atoms. The molecule has 0 aromatic carbocycles. The zero-order chi connectivity index (χ0) is 12.3. The predicted octanol–water partition coefficient (Wildman–Crippen LogP) is 1.81. The highest BCUT2D eigenvalue weighted by atomic mass is 32.1. The summed E-state index contributed by atoms with van der Waals surface area (Å²) >= 11 is 1.62. The largest absolute Gasteiger partial charge is 0.392 e. The van der Waals surface area contributed by atoms with Crippen LogP contribution in [0.5, 0.6) is 0 Å². The number of rotatable bonds is 5. The Kier molecular flexibility index (Phi) is 3.91. The maximum Gasteiger partial charge on any atom is 0.0897 e. The molecule has 1 atom stereocenters. The van der Waals surface area contributed by atoms with Crippen molar-refractivity contribution in [3.05, 3.63) is 34.0 Å². The summed E-state index contributed by atoms with van der Waals surface area (Å²) < 4.78 is 1.87. The van der Waals surface area contributed by atoms with Gasteiger partial charge in [-0.3, -0.25) is 4.68 Å². The third-order valence-electron chi connectivity index (χ3n) is 2.59. The van der Waals surface area contributed by atoms with Crippen LogP contribution in [0.15, 0.2) is 17.8 Å². The second kappa shape index (κ2) is 5.42. The Bertz CT molecular complexity index is 478. The first-order chi connectivity index (χ1) is 8.17. The van der Waals surface area contributed by atoms with Gasteiger partial charge in [-0.1, -0.05) is 0 Å². The van der Waals surface area contributed by atoms with Crippen LogP contribution < -0.4 is 0 Å². The van der Waals surface area contributed by atoms with Crippen LogP contribution in [0.25, 0.3) is 0 Å². The summed E-state index contributed by atoms with van der Waals surface area (Å²) in [5, 5.41) is 17.2. The van der Waals surface area contributed by atoms with Crippen LogP contribution in [-0.2, 0) is 19.4 Å². The molecule has 0 saturated carbocycles. The lowest BCUT2D eigenvalue weighted by atomic mass is 10.1. The molecule has 0 amide bonds. The van der Waals surface area contributed by atoms with Gasteiger partial charge in [0.1, 0.15) is 0 Å². The lowest BCUT2D eigenvalue weighted by Gasteiger charge is -2.06. The lowest BCUT2D eigenvalue weighted by molar-refractivity contribution is 0.174. The summed E-state index contributed by atoms with van der Waals surface area (Å²) in [6, 6.07) is 0. The van der Waals surface area contributed by atoms with Crippen molar-refractivity contribution < 1.29 is 5.11 Å². The van der Waals surface area contributed by atoms with Crippen molar-refractivity contribution in [2.45, 2.75) is 39.3 Å². The van der Waals surface area contributed by atoms with Gasteiger partial charge in [-0.2, -0.15) is 5.10 Å². The van der Waals surface area contributed by atoms with E-state index < -0.39 is 0 Å². The summed E-state index contributed by atoms with van der Waals surface area (Å²) in [7, 11) is 0. The van der Waals surface area contributed by atoms with Gasteiger partial charge in [0, 0.05) is 31.0 Å². The number of thiazole rings is 1. The van der Waals surface area contributed by atoms with E-state index in [1.54, 1.807) is 11.3 Å². The van der Waals surface area contributed by atoms with Crippen molar-refractivity contribution in [1.29, 1.82) is 0 Å². The van der Waals surface area contributed by atoms with Gasteiger partial charge >= 0.3 is 0 Å². The fourth-order valence-electron chi connectivity index (χ4n) is 1.77. The van der Waals surface area contributed by atoms with Gasteiger partial charge in [0.15, 0.2) is 0 Å². The molecule has 0 bridgehead atoms. The number of hydrogen-bond donors (Lipinski definition) is 1. The lowest BCUT2D eigenvalue weighted by Crippen LogP contribution is -2.13. The minimum atomic E-state index is -0.383. The Morgan fingerprint density at radius 2 is 2.29 bits per heavy atom. The van der Waals surface area contributed by atoms with Crippen LogP contribution in [0.3, 0.4) is 0 Å². The number of aliphatic hydroxyl groups is 1. The zero-order valence-corrected chi connectivity index (χ0v) is 10.9. The quantitative estimate of drug-likeness (QED) is 0.881. The van der Waals surface area contributed by atoms with E-state index in [1.165, 1.54) is 0 Å². The van der Waals surface area contributed by atoms with E-state index >= 15 is 0 Å². The number of nitrogens with zero attached hydrogens (tertiary/aromatic N) is 3. The molecule has 0 saturated heterocycles. The molecule has 0 spiro atoms. The molecule has 1 N–H and O–H groups in total. The highest BCUT2D eigenvalue weighted by Crippen LogP contribution is 2.12. The molecular formula is C12H17N3OS. The van der Waals surface area contributed by atoms with Crippen LogP contribution in [0.4, 0.5) is 0 Å². The number of aliphatic hydroxyl groups excluding tert-OH is 1. The smallest absolute Gasteiger partial charge is 0.0897 e. The monoisotopic (exact) mass is 251 g/mol. The summed E-state index contributed by atoms with van der Waals surface area (Å²) in [5.41, 5.74) is 2.05. The molecule has 2 aromatic rings. The second-order valence-electron chi connectivity index (χ2n) is 4.12. The zero-order valence-electron chi connectivity index (χ0n) is 10.1. The SMILES string of the molecule is CCn1cc(CC(O)Cc2csc(C)n2)cn1. The average molecular weight is 251 g/mol. The fourth-order valence-corrected chi connectivity index (χ4v) is 2.40. The molecule has 0 aliphatic carbocycles. The van der Waals surface area contributed by atoms with Crippen molar-refractivity contribution in [2.24, 2.45) is 0 Å². The average Bonchev–Trinajstić information content (AvgIpc) is 2.88. The minimum absolute atomic E-state index is 0.383. The molecule has 2 aromatic heterocycles. The van der Waals surface area contributed by atoms with Gasteiger partial charge < -0.3 is 5.11 Å². The van der Waals surface area contributed by atoms with Crippen molar-refractivity contribution in [3.8, 4) is 0 Å². The van der Waals surface area contributed by atoms with Crippen LogP contribution in [0.1, 0.15) is 23.2 Å². The summed E-state index contributed by atoms with van der Waals surface area (Å²) in [6.45, 7) is 4.89. The van der Waals surface area contributed by atoms with E-state index in [2.05, 4.69) is 10.1 Å². The van der Waals surface area contributed by atoms with Crippen molar-refractivity contribution in [3.63, 3.8) is 0 Å². The van der Waals surface area contributed by atoms with E-state index in [9.17, 15) is 5.11 Å². The normalized spacial score (nSPS) is 12.9. The fraction of sp³-hybridized carbons (Fsp3) is 0.500. The molecule has 5 heteroatoms. The molecule has 0 aliphatic heterocycles. The Morgan fingerprint density at radius 1 is 1.47 bits per heavy atom. The number of aromatic nitrogens is 3. The van der Waals surface area contributed by atoms with Gasteiger partial charge in [-0.25, -0.2) is 4.98 Å². The van der Waals surface area contributed by atoms with E-state index in [0.29, 0.717) is 12.8 Å². The molecule has 4 nitrogen and oxygen atoms in total. The maximum atomic E-state index is 9.97. The van der Waals surface area contributed by atoms with Crippen molar-refractivity contribution in [1.82, 2.24) is 14.8 Å². The topological polar surface area (TPSA) is 50.9 Å². The van der Waals surface area contributed by atoms with Gasteiger partial charge in [-0.05, 0) is 19.4 Å². The summed E-state index contributed by atoms with van der Waals surface area (Å²) in [6.07, 6.45) is 4.67. The first-order valence-electron chi connectivity index (χ1n) is 5.77. The predicted molar refractivity (Wildman–Crippen MR) is 68.2 cm³/mol. The van der Waals surface area contributed by atoms with Crippen LogP contribution in [0, 0.1) is 6.92 Å². The third-order valence-corrected chi connectivity index (χ3v) is 3.42. The minimum Gasteiger partial charge on any atom is -0.392 e. The molecular weight excluding hydrogens is 234 g/mol. The summed E-state index contributed by atoms with van der Waals surface area (Å²) in [4.78, 5) is 4.35. The Morgan fingerprint density at radius 3 is 2.88 bits per heavy atom. The van der Waals surface area contributed by atoms with Crippen molar-refractivity contribution in [2.75, 3.05) is 0 Å². The molecule has 0 aliphatic rings. The standard InChI is InChI=1S/C12H17N3OS/c1-3-15-7-10(6-13-15)4-12(16)5-11-8-17-9(2)14-11/h6-8,12,16H,3-5H2,1-2H3. The van der Waals surface area contributed by atoms with E-state index in [0.717, 1.165) is 22.8 Å². The maximum absolute atomic E-state index is 9.97. The van der Waals surface area contributed by atoms with Gasteiger partial charge in [0.05, 0.1) is 23.0 Å². The van der Waals surface area contributed by atoms with Crippen LogP contribution >= 0.6 is 11.3 Å². The highest BCUT2D eigenvalue weighted by molar-refractivity contribution is 7.09. The number of hydrogen-bond acceptors (Lipinski definition) is 4. The molecule has 92 valence electrons. The van der Waals surface area contributed by atoms with E-state index in [-0.39, 0.29) is 6.10 Å². The molecule has 0 radical (unpaired) electrons. The number of aryl methyl sites for hydroxylation is 2. The van der Waals surface area contributed by atoms with Crippen LogP contribution in [-0.4, -0.2) is 26.0 Å². The van der Waals surface area contributed by atoms with Gasteiger partial charge in [0.25, 0.3) is 0 Å². The molecule has 1 unspecified atom stereocenters. The van der Waals surface area contributed by atoms with Crippen LogP contribution in [0.2, 0.25) is 0 Å². The first-order valence-corrected chi connectivity index (χ1v) is 6.65. The van der Waals surface area contributed by atoms with Crippen molar-refractivity contribution >= 4 is 11.3 Å². The Balaban J connectivity index is 1.90. The van der Waals surface area contributed by atoms with Gasteiger partial charge in [-0.15, -0.1) is 11.3 Å². The Hall–Kier alpha value is -1.20. The van der Waals surface area contributed by atoms with Gasteiger partial charge in [0.2, 0.25) is 0 Å². The summed E-state index contributed by atoms with van der Waals surface area (Å²) in [5.74, 6) is 0. The molecule has 2 heterocycles. The molecule has 0 fully saturated rings. The third kappa shape index (κ3) is 3.38. The van der Waals surface area contributed by atoms with E-state index in [4.69, 9.17) is 0 Å².